The number of benzene rings is 1. The van der Waals surface area contributed by atoms with Crippen molar-refractivity contribution in [3.8, 4) is 6.07 Å². The average Bonchev–Trinajstić information content (AvgIpc) is 2.15. The maximum absolute atomic E-state index is 8.81. The molecule has 1 aliphatic carbocycles. The van der Waals surface area contributed by atoms with E-state index in [0.717, 1.165) is 5.56 Å². The van der Waals surface area contributed by atoms with Crippen LogP contribution in [0.2, 0.25) is 0 Å². The van der Waals surface area contributed by atoms with E-state index in [2.05, 4.69) is 39.0 Å². The quantitative estimate of drug-likeness (QED) is 0.691. The van der Waals surface area contributed by atoms with Gasteiger partial charge >= 0.3 is 0 Å². The minimum Gasteiger partial charge on any atom is -0.192 e. The van der Waals surface area contributed by atoms with Gasteiger partial charge in [-0.1, -0.05) is 39.3 Å². The molecule has 0 atom stereocenters. The van der Waals surface area contributed by atoms with Crippen molar-refractivity contribution in [3.63, 3.8) is 0 Å². The Morgan fingerprint density at radius 3 is 2.00 bits per heavy atom. The number of rotatable bonds is 1. The number of hydrogen-bond acceptors (Lipinski definition) is 1. The third-order valence-electron chi connectivity index (χ3n) is 4.21. The third-order valence-corrected chi connectivity index (χ3v) is 4.21. The van der Waals surface area contributed by atoms with E-state index in [1.165, 1.54) is 24.8 Å². The Kier molecular flexibility index (Phi) is 2.54. The summed E-state index contributed by atoms with van der Waals surface area (Å²) < 4.78 is 0. The van der Waals surface area contributed by atoms with Gasteiger partial charge in [-0.3, -0.25) is 0 Å². The summed E-state index contributed by atoms with van der Waals surface area (Å²) in [5, 5.41) is 8.81. The molecule has 1 aromatic carbocycles. The lowest BCUT2D eigenvalue weighted by Gasteiger charge is -2.52. The highest BCUT2D eigenvalue weighted by atomic mass is 14.5. The van der Waals surface area contributed by atoms with Gasteiger partial charge in [0, 0.05) is 5.41 Å². The highest BCUT2D eigenvalue weighted by Gasteiger charge is 2.47. The molecule has 1 heteroatoms. The van der Waals surface area contributed by atoms with Gasteiger partial charge in [0.2, 0.25) is 0 Å². The molecule has 1 nitrogen and oxygen atoms in total. The SMILES string of the molecule is CC(C)(C)C1(c2ccc(C#N)cc2)CCC1. The summed E-state index contributed by atoms with van der Waals surface area (Å²) in [6.45, 7) is 6.97. The molecule has 0 amide bonds. The Bertz CT molecular complexity index is 410. The smallest absolute Gasteiger partial charge is 0.0991 e. The van der Waals surface area contributed by atoms with Gasteiger partial charge < -0.3 is 0 Å². The van der Waals surface area contributed by atoms with E-state index in [4.69, 9.17) is 5.26 Å². The van der Waals surface area contributed by atoms with Crippen molar-refractivity contribution in [1.82, 2.24) is 0 Å². The maximum atomic E-state index is 8.81. The van der Waals surface area contributed by atoms with Crippen LogP contribution in [0.15, 0.2) is 24.3 Å². The molecule has 1 fully saturated rings. The summed E-state index contributed by atoms with van der Waals surface area (Å²) in [4.78, 5) is 0. The van der Waals surface area contributed by atoms with Crippen molar-refractivity contribution in [2.45, 2.75) is 45.4 Å². The van der Waals surface area contributed by atoms with E-state index in [9.17, 15) is 0 Å². The lowest BCUT2D eigenvalue weighted by Crippen LogP contribution is -2.45. The fourth-order valence-corrected chi connectivity index (χ4v) is 2.87. The Morgan fingerprint density at radius 1 is 1.12 bits per heavy atom. The zero-order valence-electron chi connectivity index (χ0n) is 10.4. The molecule has 0 unspecified atom stereocenters. The van der Waals surface area contributed by atoms with Crippen LogP contribution in [0.25, 0.3) is 0 Å². The third kappa shape index (κ3) is 1.53. The van der Waals surface area contributed by atoms with E-state index in [1.54, 1.807) is 0 Å². The first-order valence-electron chi connectivity index (χ1n) is 6.00. The molecular formula is C15H19N. The monoisotopic (exact) mass is 213 g/mol. The molecule has 1 saturated carbocycles. The van der Waals surface area contributed by atoms with Gasteiger partial charge in [0.05, 0.1) is 11.6 Å². The van der Waals surface area contributed by atoms with Crippen molar-refractivity contribution in [2.75, 3.05) is 0 Å². The largest absolute Gasteiger partial charge is 0.192 e. The first-order valence-corrected chi connectivity index (χ1v) is 6.00. The lowest BCUT2D eigenvalue weighted by atomic mass is 9.52. The second kappa shape index (κ2) is 3.63. The fraction of sp³-hybridized carbons (Fsp3) is 0.533. The van der Waals surface area contributed by atoms with E-state index in [1.807, 2.05) is 12.1 Å². The molecule has 0 spiro atoms. The molecule has 1 aromatic rings. The fourth-order valence-electron chi connectivity index (χ4n) is 2.87. The average molecular weight is 213 g/mol. The Labute approximate surface area is 98.1 Å². The van der Waals surface area contributed by atoms with Crippen LogP contribution >= 0.6 is 0 Å². The molecule has 0 N–H and O–H groups in total. The summed E-state index contributed by atoms with van der Waals surface area (Å²) in [7, 11) is 0. The van der Waals surface area contributed by atoms with Crippen LogP contribution in [0.5, 0.6) is 0 Å². The first-order chi connectivity index (χ1) is 7.49. The molecule has 16 heavy (non-hydrogen) atoms. The van der Waals surface area contributed by atoms with Gasteiger partial charge in [0.1, 0.15) is 0 Å². The van der Waals surface area contributed by atoms with Gasteiger partial charge in [-0.25, -0.2) is 0 Å². The molecule has 1 aliphatic rings. The van der Waals surface area contributed by atoms with E-state index in [0.29, 0.717) is 10.8 Å². The zero-order chi connectivity index (χ0) is 11.8. The Balaban J connectivity index is 2.39. The van der Waals surface area contributed by atoms with Crippen LogP contribution in [-0.4, -0.2) is 0 Å². The molecule has 2 rings (SSSR count). The van der Waals surface area contributed by atoms with E-state index in [-0.39, 0.29) is 0 Å². The first kappa shape index (κ1) is 11.2. The number of nitrogens with zero attached hydrogens (tertiary/aromatic N) is 1. The standard InChI is InChI=1S/C15H19N/c1-14(2,3)15(9-4-10-15)13-7-5-12(11-16)6-8-13/h5-8H,4,9-10H2,1-3H3. The Morgan fingerprint density at radius 2 is 1.69 bits per heavy atom. The van der Waals surface area contributed by atoms with Crippen molar-refractivity contribution in [1.29, 1.82) is 5.26 Å². The Hall–Kier alpha value is -1.29. The van der Waals surface area contributed by atoms with Crippen molar-refractivity contribution < 1.29 is 0 Å². The predicted molar refractivity (Wildman–Crippen MR) is 66.1 cm³/mol. The molecule has 84 valence electrons. The van der Waals surface area contributed by atoms with Crippen LogP contribution in [0.1, 0.15) is 51.2 Å². The summed E-state index contributed by atoms with van der Waals surface area (Å²) in [6.07, 6.45) is 3.89. The maximum Gasteiger partial charge on any atom is 0.0991 e. The lowest BCUT2D eigenvalue weighted by molar-refractivity contribution is 0.0852. The van der Waals surface area contributed by atoms with Crippen molar-refractivity contribution in [2.24, 2.45) is 5.41 Å². The molecule has 0 aliphatic heterocycles. The topological polar surface area (TPSA) is 23.8 Å². The summed E-state index contributed by atoms with van der Waals surface area (Å²) >= 11 is 0. The van der Waals surface area contributed by atoms with E-state index < -0.39 is 0 Å². The predicted octanol–water partition coefficient (Wildman–Crippen LogP) is 4.03. The molecule has 0 saturated heterocycles. The zero-order valence-corrected chi connectivity index (χ0v) is 10.4. The van der Waals surface area contributed by atoms with Crippen LogP contribution in [0, 0.1) is 16.7 Å². The van der Waals surface area contributed by atoms with Crippen LogP contribution in [0.4, 0.5) is 0 Å². The van der Waals surface area contributed by atoms with Crippen molar-refractivity contribution in [3.05, 3.63) is 35.4 Å². The summed E-state index contributed by atoms with van der Waals surface area (Å²) in [5.41, 5.74) is 2.80. The highest BCUT2D eigenvalue weighted by Crippen LogP contribution is 2.55. The summed E-state index contributed by atoms with van der Waals surface area (Å²) in [5.74, 6) is 0. The van der Waals surface area contributed by atoms with Gasteiger partial charge in [0.25, 0.3) is 0 Å². The molecular weight excluding hydrogens is 194 g/mol. The minimum absolute atomic E-state index is 0.305. The van der Waals surface area contributed by atoms with Gasteiger partial charge in [-0.15, -0.1) is 0 Å². The number of nitriles is 1. The second-order valence-electron chi connectivity index (χ2n) is 5.87. The van der Waals surface area contributed by atoms with Gasteiger partial charge in [0.15, 0.2) is 0 Å². The number of hydrogen-bond donors (Lipinski definition) is 0. The molecule has 0 heterocycles. The molecule has 0 bridgehead atoms. The summed E-state index contributed by atoms with van der Waals surface area (Å²) in [6, 6.07) is 10.4. The van der Waals surface area contributed by atoms with Gasteiger partial charge in [-0.2, -0.15) is 5.26 Å². The van der Waals surface area contributed by atoms with Crippen molar-refractivity contribution >= 4 is 0 Å². The van der Waals surface area contributed by atoms with Crippen LogP contribution in [0.3, 0.4) is 0 Å². The van der Waals surface area contributed by atoms with Crippen LogP contribution in [-0.2, 0) is 5.41 Å². The van der Waals surface area contributed by atoms with Gasteiger partial charge in [-0.05, 0) is 36.0 Å². The molecule has 0 radical (unpaired) electrons. The normalized spacial score (nSPS) is 18.6. The minimum atomic E-state index is 0.305. The molecule has 0 aromatic heterocycles. The van der Waals surface area contributed by atoms with E-state index >= 15 is 0 Å². The second-order valence-corrected chi connectivity index (χ2v) is 5.87. The highest BCUT2D eigenvalue weighted by molar-refractivity contribution is 5.37. The van der Waals surface area contributed by atoms with Crippen LogP contribution < -0.4 is 0 Å².